The number of aryl methyl sites for hydroxylation is 1. The average Bonchev–Trinajstić information content (AvgIpc) is 2.37. The van der Waals surface area contributed by atoms with Gasteiger partial charge in [0.15, 0.2) is 0 Å². The maximum Gasteiger partial charge on any atom is 0.131 e. The molecule has 0 bridgehead atoms. The van der Waals surface area contributed by atoms with Crippen LogP contribution in [-0.2, 0) is 6.42 Å². The van der Waals surface area contributed by atoms with Crippen LogP contribution in [0.2, 0.25) is 0 Å². The summed E-state index contributed by atoms with van der Waals surface area (Å²) in [5.74, 6) is -0.938. The van der Waals surface area contributed by atoms with Crippen LogP contribution in [0.25, 0.3) is 11.1 Å². The minimum atomic E-state index is -0.539. The Labute approximate surface area is 104 Å². The highest BCUT2D eigenvalue weighted by molar-refractivity contribution is 5.66. The second kappa shape index (κ2) is 4.97. The highest BCUT2D eigenvalue weighted by atomic mass is 19.1. The van der Waals surface area contributed by atoms with E-state index in [0.29, 0.717) is 11.1 Å². The summed E-state index contributed by atoms with van der Waals surface area (Å²) in [6.45, 7) is 1.93. The molecule has 0 atom stereocenters. The van der Waals surface area contributed by atoms with Crippen molar-refractivity contribution in [3.8, 4) is 17.2 Å². The second-order valence-corrected chi connectivity index (χ2v) is 4.01. The zero-order valence-electron chi connectivity index (χ0n) is 9.87. The number of benzene rings is 2. The van der Waals surface area contributed by atoms with Gasteiger partial charge in [-0.2, -0.15) is 5.26 Å². The Kier molecular flexibility index (Phi) is 3.38. The fourth-order valence-corrected chi connectivity index (χ4v) is 1.82. The summed E-state index contributed by atoms with van der Waals surface area (Å²) in [6.07, 6.45) is 0.740. The molecule has 2 aromatic carbocycles. The summed E-state index contributed by atoms with van der Waals surface area (Å²) >= 11 is 0. The van der Waals surface area contributed by atoms with Gasteiger partial charge in [-0.1, -0.05) is 19.1 Å². The Morgan fingerprint density at radius 3 is 2.50 bits per heavy atom. The van der Waals surface area contributed by atoms with Gasteiger partial charge in [0.05, 0.1) is 11.6 Å². The van der Waals surface area contributed by atoms with Crippen molar-refractivity contribution in [2.24, 2.45) is 0 Å². The van der Waals surface area contributed by atoms with E-state index in [2.05, 4.69) is 0 Å². The number of nitrogens with zero attached hydrogens (tertiary/aromatic N) is 1. The zero-order valence-corrected chi connectivity index (χ0v) is 9.87. The van der Waals surface area contributed by atoms with Gasteiger partial charge in [-0.3, -0.25) is 0 Å². The van der Waals surface area contributed by atoms with Gasteiger partial charge in [0, 0.05) is 5.56 Å². The largest absolute Gasteiger partial charge is 0.207 e. The van der Waals surface area contributed by atoms with Crippen molar-refractivity contribution < 1.29 is 8.78 Å². The number of halogens is 2. The van der Waals surface area contributed by atoms with Gasteiger partial charge in [-0.25, -0.2) is 8.78 Å². The average molecular weight is 243 g/mol. The van der Waals surface area contributed by atoms with E-state index in [-0.39, 0.29) is 5.56 Å². The highest BCUT2D eigenvalue weighted by Crippen LogP contribution is 2.25. The van der Waals surface area contributed by atoms with E-state index in [0.717, 1.165) is 18.1 Å². The van der Waals surface area contributed by atoms with Crippen LogP contribution in [0.1, 0.15) is 18.1 Å². The van der Waals surface area contributed by atoms with Gasteiger partial charge < -0.3 is 0 Å². The summed E-state index contributed by atoms with van der Waals surface area (Å²) in [6, 6.07) is 10.5. The van der Waals surface area contributed by atoms with Gasteiger partial charge in [0.25, 0.3) is 0 Å². The summed E-state index contributed by atoms with van der Waals surface area (Å²) < 4.78 is 27.2. The smallest absolute Gasteiger partial charge is 0.131 e. The molecule has 0 unspecified atom stereocenters. The molecular weight excluding hydrogens is 232 g/mol. The number of rotatable bonds is 2. The highest BCUT2D eigenvalue weighted by Gasteiger charge is 2.08. The Bertz CT molecular complexity index is 627. The fraction of sp³-hybridized carbons (Fsp3) is 0.133. The Hall–Kier alpha value is -2.21. The van der Waals surface area contributed by atoms with Crippen LogP contribution in [0.15, 0.2) is 36.4 Å². The predicted octanol–water partition coefficient (Wildman–Crippen LogP) is 4.07. The third-order valence-corrected chi connectivity index (χ3v) is 2.78. The van der Waals surface area contributed by atoms with E-state index in [1.165, 1.54) is 18.2 Å². The molecule has 0 fully saturated rings. The van der Waals surface area contributed by atoms with E-state index in [9.17, 15) is 8.78 Å². The van der Waals surface area contributed by atoms with Crippen molar-refractivity contribution >= 4 is 0 Å². The van der Waals surface area contributed by atoms with Crippen LogP contribution in [0.5, 0.6) is 0 Å². The number of hydrogen-bond acceptors (Lipinski definition) is 1. The second-order valence-electron chi connectivity index (χ2n) is 4.01. The first-order valence-electron chi connectivity index (χ1n) is 5.63. The molecule has 2 aromatic rings. The van der Waals surface area contributed by atoms with Crippen LogP contribution in [-0.4, -0.2) is 0 Å². The molecule has 0 spiro atoms. The lowest BCUT2D eigenvalue weighted by Crippen LogP contribution is -1.90. The molecular formula is C15H11F2N. The maximum atomic E-state index is 13.9. The van der Waals surface area contributed by atoms with Crippen LogP contribution >= 0.6 is 0 Å². The molecule has 1 nitrogen and oxygen atoms in total. The summed E-state index contributed by atoms with van der Waals surface area (Å²) in [7, 11) is 0. The van der Waals surface area contributed by atoms with Gasteiger partial charge in [-0.05, 0) is 41.8 Å². The number of nitriles is 1. The lowest BCUT2D eigenvalue weighted by atomic mass is 10.0. The van der Waals surface area contributed by atoms with Crippen LogP contribution in [0, 0.1) is 23.0 Å². The van der Waals surface area contributed by atoms with Crippen molar-refractivity contribution in [3.63, 3.8) is 0 Å². The molecule has 0 aliphatic rings. The summed E-state index contributed by atoms with van der Waals surface area (Å²) in [5.41, 5.74) is 1.76. The lowest BCUT2D eigenvalue weighted by Gasteiger charge is -2.06. The number of hydrogen-bond donors (Lipinski definition) is 0. The molecule has 0 aliphatic carbocycles. The van der Waals surface area contributed by atoms with Crippen molar-refractivity contribution in [2.45, 2.75) is 13.3 Å². The van der Waals surface area contributed by atoms with Crippen molar-refractivity contribution in [2.75, 3.05) is 0 Å². The minimum Gasteiger partial charge on any atom is -0.207 e. The maximum absolute atomic E-state index is 13.9. The molecule has 0 heterocycles. The van der Waals surface area contributed by atoms with Gasteiger partial charge in [0.1, 0.15) is 11.6 Å². The summed E-state index contributed by atoms with van der Waals surface area (Å²) in [4.78, 5) is 0. The van der Waals surface area contributed by atoms with E-state index in [1.807, 2.05) is 13.0 Å². The van der Waals surface area contributed by atoms with Gasteiger partial charge >= 0.3 is 0 Å². The SMILES string of the molecule is CCc1ccc(-c2cc(F)cc(C#N)c2)c(F)c1. The molecule has 2 rings (SSSR count). The normalized spacial score (nSPS) is 10.1. The van der Waals surface area contributed by atoms with E-state index < -0.39 is 11.6 Å². The van der Waals surface area contributed by atoms with Gasteiger partial charge in [0.2, 0.25) is 0 Å². The quantitative estimate of drug-likeness (QED) is 0.780. The molecule has 0 saturated carbocycles. The third kappa shape index (κ3) is 2.38. The monoisotopic (exact) mass is 243 g/mol. The fourth-order valence-electron chi connectivity index (χ4n) is 1.82. The summed E-state index contributed by atoms with van der Waals surface area (Å²) in [5, 5.41) is 8.77. The van der Waals surface area contributed by atoms with Crippen molar-refractivity contribution in [3.05, 3.63) is 59.2 Å². The molecule has 0 radical (unpaired) electrons. The lowest BCUT2D eigenvalue weighted by molar-refractivity contribution is 0.623. The topological polar surface area (TPSA) is 23.8 Å². The van der Waals surface area contributed by atoms with E-state index in [1.54, 1.807) is 12.1 Å². The van der Waals surface area contributed by atoms with Gasteiger partial charge in [-0.15, -0.1) is 0 Å². The molecule has 3 heteroatoms. The van der Waals surface area contributed by atoms with Crippen LogP contribution in [0.3, 0.4) is 0 Å². The van der Waals surface area contributed by atoms with E-state index >= 15 is 0 Å². The Morgan fingerprint density at radius 1 is 1.11 bits per heavy atom. The molecule has 90 valence electrons. The first kappa shape index (κ1) is 12.3. The van der Waals surface area contributed by atoms with Crippen LogP contribution < -0.4 is 0 Å². The van der Waals surface area contributed by atoms with Crippen molar-refractivity contribution in [1.29, 1.82) is 5.26 Å². The Morgan fingerprint density at radius 2 is 1.89 bits per heavy atom. The molecule has 0 aliphatic heterocycles. The first-order valence-corrected chi connectivity index (χ1v) is 5.63. The molecule has 0 amide bonds. The molecule has 0 saturated heterocycles. The predicted molar refractivity (Wildman–Crippen MR) is 65.9 cm³/mol. The van der Waals surface area contributed by atoms with Crippen LogP contribution in [0.4, 0.5) is 8.78 Å². The standard InChI is InChI=1S/C15H11F2N/c1-2-10-3-4-14(15(17)7-10)12-5-11(9-18)6-13(16)8-12/h3-8H,2H2,1H3. The van der Waals surface area contributed by atoms with E-state index in [4.69, 9.17) is 5.26 Å². The first-order chi connectivity index (χ1) is 8.63. The Balaban J connectivity index is 2.55. The third-order valence-electron chi connectivity index (χ3n) is 2.78. The molecule has 0 N–H and O–H groups in total. The molecule has 18 heavy (non-hydrogen) atoms. The minimum absolute atomic E-state index is 0.184. The van der Waals surface area contributed by atoms with Crippen molar-refractivity contribution in [1.82, 2.24) is 0 Å². The zero-order chi connectivity index (χ0) is 13.1. The molecule has 0 aromatic heterocycles.